The summed E-state index contributed by atoms with van der Waals surface area (Å²) in [4.78, 5) is 4.23. The predicted molar refractivity (Wildman–Crippen MR) is 61.2 cm³/mol. The maximum Gasteiger partial charge on any atom is 0.237 e. The van der Waals surface area contributed by atoms with Gasteiger partial charge in [-0.05, 0) is 30.9 Å². The molecule has 3 heteroatoms. The highest BCUT2D eigenvalue weighted by molar-refractivity contribution is 5.51. The van der Waals surface area contributed by atoms with E-state index in [0.717, 1.165) is 24.1 Å². The third-order valence-corrected chi connectivity index (χ3v) is 2.97. The minimum atomic E-state index is 0.729. The molecule has 0 atom stereocenters. The molecule has 0 aliphatic heterocycles. The number of ether oxygens (including phenoxy) is 1. The molecule has 1 aromatic rings. The quantitative estimate of drug-likeness (QED) is 0.822. The molecular formula is C12H18N2O. The van der Waals surface area contributed by atoms with Gasteiger partial charge in [-0.15, -0.1) is 0 Å². The smallest absolute Gasteiger partial charge is 0.237 e. The van der Waals surface area contributed by atoms with Crippen molar-refractivity contribution >= 4 is 5.69 Å². The van der Waals surface area contributed by atoms with Gasteiger partial charge in [0.1, 0.15) is 0 Å². The lowest BCUT2D eigenvalue weighted by Gasteiger charge is -2.12. The minimum Gasteiger partial charge on any atom is -0.476 e. The van der Waals surface area contributed by atoms with Gasteiger partial charge in [0.15, 0.2) is 0 Å². The Balaban J connectivity index is 1.91. The maximum atomic E-state index is 5.74. The van der Waals surface area contributed by atoms with Gasteiger partial charge in [0.05, 0.1) is 12.3 Å². The molecule has 0 aromatic carbocycles. The van der Waals surface area contributed by atoms with Crippen LogP contribution in [-0.4, -0.2) is 18.6 Å². The summed E-state index contributed by atoms with van der Waals surface area (Å²) in [7, 11) is 1.89. The van der Waals surface area contributed by atoms with Gasteiger partial charge < -0.3 is 10.1 Å². The number of rotatable bonds is 4. The lowest BCUT2D eigenvalue weighted by molar-refractivity contribution is 0.245. The standard InChI is InChI=1S/C12H18N2O/c1-13-11-7-4-8-14-12(11)15-9-10-5-2-3-6-10/h4,7-8,10,13H,2-3,5-6,9H2,1H3. The summed E-state index contributed by atoms with van der Waals surface area (Å²) in [5, 5.41) is 3.08. The molecule has 3 nitrogen and oxygen atoms in total. The second-order valence-electron chi connectivity index (χ2n) is 4.07. The lowest BCUT2D eigenvalue weighted by atomic mass is 10.1. The Hall–Kier alpha value is -1.25. The zero-order chi connectivity index (χ0) is 10.5. The van der Waals surface area contributed by atoms with Crippen LogP contribution < -0.4 is 10.1 Å². The van der Waals surface area contributed by atoms with Crippen LogP contribution in [0.2, 0.25) is 0 Å². The van der Waals surface area contributed by atoms with E-state index in [-0.39, 0.29) is 0 Å². The summed E-state index contributed by atoms with van der Waals surface area (Å²) in [5.74, 6) is 1.46. The number of pyridine rings is 1. The van der Waals surface area contributed by atoms with Gasteiger partial charge in [-0.3, -0.25) is 0 Å². The van der Waals surface area contributed by atoms with Crippen molar-refractivity contribution in [1.82, 2.24) is 4.98 Å². The van der Waals surface area contributed by atoms with Crippen LogP contribution in [0.1, 0.15) is 25.7 Å². The van der Waals surface area contributed by atoms with E-state index in [2.05, 4.69) is 10.3 Å². The molecule has 0 radical (unpaired) electrons. The molecule has 0 unspecified atom stereocenters. The van der Waals surface area contributed by atoms with Crippen molar-refractivity contribution in [2.24, 2.45) is 5.92 Å². The number of aromatic nitrogens is 1. The van der Waals surface area contributed by atoms with Crippen molar-refractivity contribution in [2.75, 3.05) is 19.0 Å². The second-order valence-corrected chi connectivity index (χ2v) is 4.07. The molecule has 0 spiro atoms. The maximum absolute atomic E-state index is 5.74. The molecule has 0 amide bonds. The van der Waals surface area contributed by atoms with Gasteiger partial charge in [0.2, 0.25) is 5.88 Å². The van der Waals surface area contributed by atoms with Gasteiger partial charge in [0, 0.05) is 13.2 Å². The van der Waals surface area contributed by atoms with Crippen molar-refractivity contribution in [3.8, 4) is 5.88 Å². The van der Waals surface area contributed by atoms with Crippen molar-refractivity contribution in [3.05, 3.63) is 18.3 Å². The van der Waals surface area contributed by atoms with E-state index in [1.54, 1.807) is 6.20 Å². The van der Waals surface area contributed by atoms with Crippen LogP contribution >= 0.6 is 0 Å². The summed E-state index contributed by atoms with van der Waals surface area (Å²) >= 11 is 0. The average molecular weight is 206 g/mol. The minimum absolute atomic E-state index is 0.729. The first-order chi connectivity index (χ1) is 7.40. The van der Waals surface area contributed by atoms with Crippen LogP contribution in [0.4, 0.5) is 5.69 Å². The zero-order valence-corrected chi connectivity index (χ0v) is 9.20. The Bertz CT molecular complexity index is 308. The molecule has 82 valence electrons. The van der Waals surface area contributed by atoms with Crippen LogP contribution in [0.3, 0.4) is 0 Å². The third-order valence-electron chi connectivity index (χ3n) is 2.97. The van der Waals surface area contributed by atoms with Crippen molar-refractivity contribution in [1.29, 1.82) is 0 Å². The van der Waals surface area contributed by atoms with E-state index in [0.29, 0.717) is 0 Å². The molecule has 1 fully saturated rings. The molecule has 1 aromatic heterocycles. The molecule has 1 aliphatic carbocycles. The van der Waals surface area contributed by atoms with Crippen molar-refractivity contribution < 1.29 is 4.74 Å². The van der Waals surface area contributed by atoms with Gasteiger partial charge >= 0.3 is 0 Å². The fourth-order valence-corrected chi connectivity index (χ4v) is 2.07. The van der Waals surface area contributed by atoms with E-state index in [9.17, 15) is 0 Å². The fraction of sp³-hybridized carbons (Fsp3) is 0.583. The van der Waals surface area contributed by atoms with E-state index in [1.807, 2.05) is 19.2 Å². The molecular weight excluding hydrogens is 188 g/mol. The summed E-state index contributed by atoms with van der Waals surface area (Å²) in [6.45, 7) is 0.811. The van der Waals surface area contributed by atoms with Crippen LogP contribution in [0.15, 0.2) is 18.3 Å². The highest BCUT2D eigenvalue weighted by Crippen LogP contribution is 2.27. The molecule has 1 N–H and O–H groups in total. The molecule has 1 aliphatic rings. The Morgan fingerprint density at radius 2 is 2.27 bits per heavy atom. The van der Waals surface area contributed by atoms with Crippen LogP contribution in [0.5, 0.6) is 5.88 Å². The number of anilines is 1. The first-order valence-electron chi connectivity index (χ1n) is 5.65. The summed E-state index contributed by atoms with van der Waals surface area (Å²) in [6.07, 6.45) is 7.10. The SMILES string of the molecule is CNc1cccnc1OCC1CCCC1. The molecule has 1 saturated carbocycles. The van der Waals surface area contributed by atoms with Crippen molar-refractivity contribution in [3.63, 3.8) is 0 Å². The highest BCUT2D eigenvalue weighted by atomic mass is 16.5. The number of nitrogens with one attached hydrogen (secondary N) is 1. The second kappa shape index (κ2) is 5.01. The van der Waals surface area contributed by atoms with Crippen LogP contribution in [0, 0.1) is 5.92 Å². The molecule has 2 rings (SSSR count). The Labute approximate surface area is 90.9 Å². The molecule has 1 heterocycles. The fourth-order valence-electron chi connectivity index (χ4n) is 2.07. The van der Waals surface area contributed by atoms with Gasteiger partial charge in [-0.1, -0.05) is 12.8 Å². The predicted octanol–water partition coefficient (Wildman–Crippen LogP) is 2.69. The Morgan fingerprint density at radius 1 is 1.47 bits per heavy atom. The first-order valence-corrected chi connectivity index (χ1v) is 5.65. The van der Waals surface area contributed by atoms with Crippen LogP contribution in [-0.2, 0) is 0 Å². The van der Waals surface area contributed by atoms with E-state index in [4.69, 9.17) is 4.74 Å². The lowest BCUT2D eigenvalue weighted by Crippen LogP contribution is -2.10. The van der Waals surface area contributed by atoms with E-state index >= 15 is 0 Å². The molecule has 0 saturated heterocycles. The summed E-state index contributed by atoms with van der Waals surface area (Å²) < 4.78 is 5.74. The van der Waals surface area contributed by atoms with Gasteiger partial charge in [0.25, 0.3) is 0 Å². The zero-order valence-electron chi connectivity index (χ0n) is 9.20. The number of nitrogens with zero attached hydrogens (tertiary/aromatic N) is 1. The third kappa shape index (κ3) is 2.61. The topological polar surface area (TPSA) is 34.2 Å². The number of hydrogen-bond donors (Lipinski definition) is 1. The van der Waals surface area contributed by atoms with Crippen LogP contribution in [0.25, 0.3) is 0 Å². The summed E-state index contributed by atoms with van der Waals surface area (Å²) in [6, 6.07) is 3.89. The van der Waals surface area contributed by atoms with Gasteiger partial charge in [-0.25, -0.2) is 4.98 Å². The Kier molecular flexibility index (Phi) is 3.43. The van der Waals surface area contributed by atoms with Crippen molar-refractivity contribution in [2.45, 2.75) is 25.7 Å². The van der Waals surface area contributed by atoms with E-state index < -0.39 is 0 Å². The van der Waals surface area contributed by atoms with Gasteiger partial charge in [-0.2, -0.15) is 0 Å². The molecule has 15 heavy (non-hydrogen) atoms. The summed E-state index contributed by atoms with van der Waals surface area (Å²) in [5.41, 5.74) is 0.968. The normalized spacial score (nSPS) is 16.6. The molecule has 0 bridgehead atoms. The average Bonchev–Trinajstić information content (AvgIpc) is 2.79. The first kappa shape index (κ1) is 10.3. The number of hydrogen-bond acceptors (Lipinski definition) is 3. The monoisotopic (exact) mass is 206 g/mol. The van der Waals surface area contributed by atoms with E-state index in [1.165, 1.54) is 25.7 Å². The largest absolute Gasteiger partial charge is 0.476 e. The highest BCUT2D eigenvalue weighted by Gasteiger charge is 2.16. The Morgan fingerprint density at radius 3 is 3.00 bits per heavy atom.